The average molecular weight is 495 g/mol. The molecule has 1 aromatic carbocycles. The number of methoxy groups -OCH3 is 2. The fourth-order valence-electron chi connectivity index (χ4n) is 4.63. The number of rotatable bonds is 9. The number of aliphatic hydroxyl groups excluding tert-OH is 1. The van der Waals surface area contributed by atoms with Crippen LogP contribution in [0.5, 0.6) is 11.6 Å². The van der Waals surface area contributed by atoms with E-state index in [0.29, 0.717) is 24.5 Å². The number of hydrogen-bond acceptors (Lipinski definition) is 10. The van der Waals surface area contributed by atoms with E-state index in [0.717, 1.165) is 24.2 Å². The summed E-state index contributed by atoms with van der Waals surface area (Å²) in [6.07, 6.45) is 2.75. The standard InChI is InChI=1S/C22H30N4O7S/c1-30-15-5-3-13-4-6-19(31-2)22(17(13)8-15)26-20-10-21(25-12-24-20)33-16-7-14(18(27)9-16)11-32-34(23,28)29/h3,5,8,10,12,14,16,18-19,22,27H,4,6-7,9,11H2,1-2H3,(H2,23,28,29)(H,24,25,26)/t14-,16?,18?,19-,22+/m0/s1. The first kappa shape index (κ1) is 24.6. The number of nitrogens with two attached hydrogens (primary N) is 1. The number of ether oxygens (including phenoxy) is 3. The zero-order valence-corrected chi connectivity index (χ0v) is 19.9. The Labute approximate surface area is 198 Å². The molecule has 34 heavy (non-hydrogen) atoms. The first-order chi connectivity index (χ1) is 16.3. The van der Waals surface area contributed by atoms with Crippen LogP contribution in [0.4, 0.5) is 5.82 Å². The molecule has 2 aromatic rings. The fourth-order valence-corrected chi connectivity index (χ4v) is 4.99. The van der Waals surface area contributed by atoms with Gasteiger partial charge in [-0.05, 0) is 42.5 Å². The lowest BCUT2D eigenvalue weighted by Gasteiger charge is -2.33. The summed E-state index contributed by atoms with van der Waals surface area (Å²) in [5.41, 5.74) is 2.32. The van der Waals surface area contributed by atoms with Gasteiger partial charge in [-0.15, -0.1) is 0 Å². The lowest BCUT2D eigenvalue weighted by molar-refractivity contribution is 0.0734. The van der Waals surface area contributed by atoms with E-state index in [1.807, 2.05) is 12.1 Å². The Morgan fingerprint density at radius 1 is 1.21 bits per heavy atom. The highest BCUT2D eigenvalue weighted by molar-refractivity contribution is 7.84. The van der Waals surface area contributed by atoms with Crippen molar-refractivity contribution in [3.63, 3.8) is 0 Å². The number of aryl methyl sites for hydroxylation is 1. The van der Waals surface area contributed by atoms with E-state index >= 15 is 0 Å². The number of aliphatic hydroxyl groups is 1. The highest BCUT2D eigenvalue weighted by Crippen LogP contribution is 2.36. The van der Waals surface area contributed by atoms with Crippen LogP contribution in [0.3, 0.4) is 0 Å². The van der Waals surface area contributed by atoms with Gasteiger partial charge in [0.2, 0.25) is 5.88 Å². The van der Waals surface area contributed by atoms with Crippen molar-refractivity contribution in [2.45, 2.75) is 50.0 Å². The third kappa shape index (κ3) is 5.94. The number of hydrogen-bond donors (Lipinski definition) is 3. The summed E-state index contributed by atoms with van der Waals surface area (Å²) >= 11 is 0. The molecule has 12 heteroatoms. The summed E-state index contributed by atoms with van der Waals surface area (Å²) in [6, 6.07) is 7.60. The molecule has 2 unspecified atom stereocenters. The minimum atomic E-state index is -4.06. The topological polar surface area (TPSA) is 155 Å². The zero-order valence-electron chi connectivity index (χ0n) is 19.1. The molecule has 4 N–H and O–H groups in total. The second-order valence-electron chi connectivity index (χ2n) is 8.56. The Hall–Kier alpha value is -2.51. The van der Waals surface area contributed by atoms with Gasteiger partial charge in [-0.2, -0.15) is 8.42 Å². The summed E-state index contributed by atoms with van der Waals surface area (Å²) in [7, 11) is -0.728. The van der Waals surface area contributed by atoms with E-state index in [-0.39, 0.29) is 24.9 Å². The molecule has 1 aromatic heterocycles. The number of benzene rings is 1. The predicted octanol–water partition coefficient (Wildman–Crippen LogP) is 1.34. The molecule has 1 saturated carbocycles. The molecule has 186 valence electrons. The lowest BCUT2D eigenvalue weighted by Crippen LogP contribution is -2.32. The minimum Gasteiger partial charge on any atom is -0.497 e. The van der Waals surface area contributed by atoms with Gasteiger partial charge < -0.3 is 24.6 Å². The van der Waals surface area contributed by atoms with Crippen LogP contribution in [0.25, 0.3) is 0 Å². The van der Waals surface area contributed by atoms with E-state index in [1.54, 1.807) is 20.3 Å². The second-order valence-corrected chi connectivity index (χ2v) is 9.78. The van der Waals surface area contributed by atoms with Crippen LogP contribution >= 0.6 is 0 Å². The van der Waals surface area contributed by atoms with E-state index < -0.39 is 22.3 Å². The number of nitrogens with zero attached hydrogens (tertiary/aromatic N) is 2. The van der Waals surface area contributed by atoms with Gasteiger partial charge in [-0.1, -0.05) is 6.07 Å². The molecule has 0 bridgehead atoms. The number of aromatic nitrogens is 2. The van der Waals surface area contributed by atoms with Gasteiger partial charge in [0.1, 0.15) is 24.0 Å². The molecule has 0 spiro atoms. The van der Waals surface area contributed by atoms with Gasteiger partial charge in [-0.25, -0.2) is 15.1 Å². The number of fused-ring (bicyclic) bond motifs is 1. The maximum atomic E-state index is 11.0. The van der Waals surface area contributed by atoms with Crippen molar-refractivity contribution in [1.29, 1.82) is 0 Å². The Morgan fingerprint density at radius 2 is 2.03 bits per heavy atom. The molecular weight excluding hydrogens is 464 g/mol. The van der Waals surface area contributed by atoms with Gasteiger partial charge in [0.05, 0.1) is 32.0 Å². The largest absolute Gasteiger partial charge is 0.497 e. The van der Waals surface area contributed by atoms with Crippen molar-refractivity contribution in [3.05, 3.63) is 41.7 Å². The molecule has 1 heterocycles. The molecule has 5 atom stereocenters. The van der Waals surface area contributed by atoms with Gasteiger partial charge >= 0.3 is 10.3 Å². The highest BCUT2D eigenvalue weighted by atomic mass is 32.2. The van der Waals surface area contributed by atoms with Crippen molar-refractivity contribution in [3.8, 4) is 11.6 Å². The molecule has 0 radical (unpaired) electrons. The molecule has 0 amide bonds. The summed E-state index contributed by atoms with van der Waals surface area (Å²) in [6.45, 7) is -0.195. The Bertz CT molecular complexity index is 1100. The SMILES string of the molecule is COc1ccc2c(c1)[C@@H](Nc1cc(OC3CC(O)[C@H](COS(N)(=O)=O)C3)ncn1)[C@@H](OC)CC2. The van der Waals surface area contributed by atoms with E-state index in [1.165, 1.54) is 11.9 Å². The molecular formula is C22H30N4O7S. The monoisotopic (exact) mass is 494 g/mol. The van der Waals surface area contributed by atoms with Crippen LogP contribution < -0.4 is 19.9 Å². The van der Waals surface area contributed by atoms with Crippen LogP contribution in [0.15, 0.2) is 30.6 Å². The Morgan fingerprint density at radius 3 is 2.76 bits per heavy atom. The van der Waals surface area contributed by atoms with Crippen LogP contribution in [0, 0.1) is 5.92 Å². The average Bonchev–Trinajstić information content (AvgIpc) is 3.16. The first-order valence-electron chi connectivity index (χ1n) is 11.1. The Kier molecular flexibility index (Phi) is 7.53. The van der Waals surface area contributed by atoms with E-state index in [9.17, 15) is 13.5 Å². The molecule has 4 rings (SSSR count). The normalized spacial score (nSPS) is 26.6. The van der Waals surface area contributed by atoms with Crippen molar-refractivity contribution in [2.24, 2.45) is 11.1 Å². The third-order valence-corrected chi connectivity index (χ3v) is 6.82. The van der Waals surface area contributed by atoms with Crippen molar-refractivity contribution in [1.82, 2.24) is 9.97 Å². The number of nitrogens with one attached hydrogen (secondary N) is 1. The molecule has 1 fully saturated rings. The van der Waals surface area contributed by atoms with Gasteiger partial charge in [0.15, 0.2) is 0 Å². The molecule has 0 saturated heterocycles. The fraction of sp³-hybridized carbons (Fsp3) is 0.545. The predicted molar refractivity (Wildman–Crippen MR) is 123 cm³/mol. The zero-order chi connectivity index (χ0) is 24.3. The first-order valence-corrected chi connectivity index (χ1v) is 12.5. The van der Waals surface area contributed by atoms with Gasteiger partial charge in [0.25, 0.3) is 0 Å². The molecule has 0 aliphatic heterocycles. The van der Waals surface area contributed by atoms with Crippen molar-refractivity contribution >= 4 is 16.1 Å². The second kappa shape index (κ2) is 10.4. The van der Waals surface area contributed by atoms with Crippen LogP contribution in [0.2, 0.25) is 0 Å². The van der Waals surface area contributed by atoms with Crippen LogP contribution in [-0.2, 0) is 25.6 Å². The van der Waals surface area contributed by atoms with E-state index in [2.05, 4.69) is 25.5 Å². The summed E-state index contributed by atoms with van der Waals surface area (Å²) < 4.78 is 43.8. The molecule has 2 aliphatic carbocycles. The summed E-state index contributed by atoms with van der Waals surface area (Å²) in [5.74, 6) is 1.28. The number of anilines is 1. The maximum absolute atomic E-state index is 11.0. The quantitative estimate of drug-likeness (QED) is 0.465. The highest BCUT2D eigenvalue weighted by Gasteiger charge is 2.36. The van der Waals surface area contributed by atoms with Crippen LogP contribution in [-0.4, -0.2) is 62.6 Å². The lowest BCUT2D eigenvalue weighted by atomic mass is 9.85. The van der Waals surface area contributed by atoms with Crippen LogP contribution in [0.1, 0.15) is 36.4 Å². The molecule has 11 nitrogen and oxygen atoms in total. The third-order valence-electron chi connectivity index (χ3n) is 6.35. The summed E-state index contributed by atoms with van der Waals surface area (Å²) in [4.78, 5) is 8.53. The Balaban J connectivity index is 1.45. The minimum absolute atomic E-state index is 0.0523. The molecule has 2 aliphatic rings. The van der Waals surface area contributed by atoms with Crippen molar-refractivity contribution < 1.29 is 31.9 Å². The van der Waals surface area contributed by atoms with Gasteiger partial charge in [-0.3, -0.25) is 4.18 Å². The van der Waals surface area contributed by atoms with E-state index in [4.69, 9.17) is 19.3 Å². The smallest absolute Gasteiger partial charge is 0.333 e. The summed E-state index contributed by atoms with van der Waals surface area (Å²) in [5, 5.41) is 18.6. The maximum Gasteiger partial charge on any atom is 0.333 e. The van der Waals surface area contributed by atoms with Gasteiger partial charge in [0, 0.05) is 25.5 Å². The van der Waals surface area contributed by atoms with Crippen molar-refractivity contribution in [2.75, 3.05) is 26.1 Å².